The van der Waals surface area contributed by atoms with Crippen molar-refractivity contribution in [3.8, 4) is 5.88 Å². The van der Waals surface area contributed by atoms with Crippen LogP contribution in [0, 0.1) is 15.5 Å². The minimum Gasteiger partial charge on any atom is -0.462 e. The van der Waals surface area contributed by atoms with Crippen molar-refractivity contribution in [2.45, 2.75) is 39.5 Å². The van der Waals surface area contributed by atoms with Gasteiger partial charge in [0.15, 0.2) is 5.78 Å². The molecule has 4 N–H and O–H groups in total. The number of rotatable bonds is 4. The van der Waals surface area contributed by atoms with Crippen LogP contribution in [0.15, 0.2) is 35.6 Å². The van der Waals surface area contributed by atoms with Crippen molar-refractivity contribution in [3.63, 3.8) is 0 Å². The summed E-state index contributed by atoms with van der Waals surface area (Å²) in [5.41, 5.74) is 13.2. The number of aromatic nitrogens is 1. The summed E-state index contributed by atoms with van der Waals surface area (Å²) in [6.45, 7) is 5.70. The molecule has 1 aromatic heterocycles. The fourth-order valence-corrected chi connectivity index (χ4v) is 4.46. The van der Waals surface area contributed by atoms with Crippen LogP contribution in [0.4, 0.5) is 17.2 Å². The standard InChI is InChI=1S/C23H24N4O6/c1-4-32-22(29)18-19(24)17-15(11-5-7-12(8-6-11)27(30)31)16-13(28)9-23(2,3)10-14(16)33-21(17)26-20(18)25/h5-8,15H,4,9-10H2,1-3H3,(H4,24,25,26). The number of esters is 1. The molecule has 1 atom stereocenters. The molecule has 1 aliphatic carbocycles. The van der Waals surface area contributed by atoms with E-state index < -0.39 is 16.8 Å². The zero-order chi connectivity index (χ0) is 24.1. The summed E-state index contributed by atoms with van der Waals surface area (Å²) in [5.74, 6) is -1.16. The maximum atomic E-state index is 13.3. The zero-order valence-electron chi connectivity index (χ0n) is 18.5. The average Bonchev–Trinajstić information content (AvgIpc) is 2.71. The lowest BCUT2D eigenvalue weighted by Gasteiger charge is -2.38. The Hall–Kier alpha value is -3.95. The van der Waals surface area contributed by atoms with Gasteiger partial charge in [-0.2, -0.15) is 4.98 Å². The third-order valence-electron chi connectivity index (χ3n) is 5.86. The van der Waals surface area contributed by atoms with Crippen molar-refractivity contribution in [2.24, 2.45) is 5.41 Å². The third kappa shape index (κ3) is 3.77. The van der Waals surface area contributed by atoms with Crippen LogP contribution in [-0.2, 0) is 9.53 Å². The van der Waals surface area contributed by atoms with Crippen LogP contribution in [0.1, 0.15) is 61.0 Å². The van der Waals surface area contributed by atoms with Gasteiger partial charge in [-0.3, -0.25) is 14.9 Å². The van der Waals surface area contributed by atoms with Crippen LogP contribution in [0.5, 0.6) is 5.88 Å². The molecule has 1 aromatic carbocycles. The Balaban J connectivity index is 1.97. The maximum Gasteiger partial charge on any atom is 0.344 e. The molecule has 0 saturated carbocycles. The number of benzene rings is 1. The van der Waals surface area contributed by atoms with Crippen molar-refractivity contribution in [1.82, 2.24) is 4.98 Å². The molecule has 172 valence electrons. The van der Waals surface area contributed by atoms with E-state index in [4.69, 9.17) is 20.9 Å². The first-order valence-corrected chi connectivity index (χ1v) is 10.5. The molecule has 2 aliphatic rings. The second-order valence-corrected chi connectivity index (χ2v) is 8.89. The van der Waals surface area contributed by atoms with Gasteiger partial charge in [-0.15, -0.1) is 0 Å². The molecular formula is C23H24N4O6. The van der Waals surface area contributed by atoms with Gasteiger partial charge in [0.1, 0.15) is 17.1 Å². The summed E-state index contributed by atoms with van der Waals surface area (Å²) in [6.07, 6.45) is 0.777. The van der Waals surface area contributed by atoms with Gasteiger partial charge < -0.3 is 20.9 Å². The molecular weight excluding hydrogens is 428 g/mol. The molecule has 10 heteroatoms. The number of carbonyl (C=O) groups excluding carboxylic acids is 2. The number of nitrogen functional groups attached to an aromatic ring is 2. The molecule has 2 aromatic rings. The lowest BCUT2D eigenvalue weighted by atomic mass is 9.70. The first-order chi connectivity index (χ1) is 15.5. The number of fused-ring (bicyclic) bond motifs is 1. The monoisotopic (exact) mass is 452 g/mol. The van der Waals surface area contributed by atoms with Gasteiger partial charge in [0.25, 0.3) is 5.69 Å². The molecule has 0 bridgehead atoms. The van der Waals surface area contributed by atoms with Crippen LogP contribution < -0.4 is 16.2 Å². The number of ether oxygens (including phenoxy) is 2. The SMILES string of the molecule is CCOC(=O)c1c(N)nc2c(c1N)C(c1ccc([N+](=O)[O-])cc1)C1=C(CC(C)(C)CC1=O)O2. The largest absolute Gasteiger partial charge is 0.462 e. The average molecular weight is 452 g/mol. The number of Topliss-reactive ketones (excluding diaryl/α,β-unsaturated/α-hetero) is 1. The minimum absolute atomic E-state index is 0.00323. The van der Waals surface area contributed by atoms with E-state index in [9.17, 15) is 19.7 Å². The summed E-state index contributed by atoms with van der Waals surface area (Å²) < 4.78 is 11.1. The van der Waals surface area contributed by atoms with Crippen LogP contribution in [0.2, 0.25) is 0 Å². The third-order valence-corrected chi connectivity index (χ3v) is 5.86. The van der Waals surface area contributed by atoms with Crippen molar-refractivity contribution in [2.75, 3.05) is 18.1 Å². The van der Waals surface area contributed by atoms with Gasteiger partial charge >= 0.3 is 5.97 Å². The number of pyridine rings is 1. The number of nitro groups is 1. The summed E-state index contributed by atoms with van der Waals surface area (Å²) in [6, 6.07) is 5.84. The van der Waals surface area contributed by atoms with Crippen LogP contribution in [0.3, 0.4) is 0 Å². The molecule has 0 spiro atoms. The van der Waals surface area contributed by atoms with E-state index in [0.717, 1.165) is 0 Å². The number of carbonyl (C=O) groups is 2. The Morgan fingerprint density at radius 3 is 2.55 bits per heavy atom. The lowest BCUT2D eigenvalue weighted by molar-refractivity contribution is -0.384. The number of nitro benzene ring substituents is 1. The fourth-order valence-electron chi connectivity index (χ4n) is 4.46. The van der Waals surface area contributed by atoms with E-state index in [2.05, 4.69) is 4.98 Å². The highest BCUT2D eigenvalue weighted by atomic mass is 16.6. The minimum atomic E-state index is -0.735. The van der Waals surface area contributed by atoms with Crippen LogP contribution in [0.25, 0.3) is 0 Å². The number of allylic oxidation sites excluding steroid dienone is 2. The van der Waals surface area contributed by atoms with Gasteiger partial charge in [0, 0.05) is 36.5 Å². The topological polar surface area (TPSA) is 161 Å². The maximum absolute atomic E-state index is 13.3. The first kappa shape index (κ1) is 22.3. The molecule has 2 heterocycles. The second kappa shape index (κ2) is 7.88. The highest BCUT2D eigenvalue weighted by Crippen LogP contribution is 2.52. The predicted octanol–water partition coefficient (Wildman–Crippen LogP) is 3.50. The Bertz CT molecular complexity index is 1220. The smallest absolute Gasteiger partial charge is 0.344 e. The number of non-ortho nitro benzene ring substituents is 1. The van der Waals surface area contributed by atoms with Crippen molar-refractivity contribution in [3.05, 3.63) is 62.4 Å². The number of hydrogen-bond donors (Lipinski definition) is 2. The van der Waals surface area contributed by atoms with Gasteiger partial charge in [-0.05, 0) is 17.9 Å². The normalized spacial score (nSPS) is 18.8. The van der Waals surface area contributed by atoms with Gasteiger partial charge in [0.05, 0.1) is 22.8 Å². The Labute approximate surface area is 189 Å². The van der Waals surface area contributed by atoms with E-state index >= 15 is 0 Å². The number of nitrogens with two attached hydrogens (primary N) is 2. The first-order valence-electron chi connectivity index (χ1n) is 10.5. The summed E-state index contributed by atoms with van der Waals surface area (Å²) >= 11 is 0. The highest BCUT2D eigenvalue weighted by Gasteiger charge is 2.44. The molecule has 0 radical (unpaired) electrons. The molecule has 33 heavy (non-hydrogen) atoms. The van der Waals surface area contributed by atoms with Crippen LogP contribution >= 0.6 is 0 Å². The highest BCUT2D eigenvalue weighted by molar-refractivity contribution is 6.04. The fraction of sp³-hybridized carbons (Fsp3) is 0.348. The quantitative estimate of drug-likeness (QED) is 0.402. The number of nitrogens with zero attached hydrogens (tertiary/aromatic N) is 2. The lowest BCUT2D eigenvalue weighted by Crippen LogP contribution is -2.34. The predicted molar refractivity (Wildman–Crippen MR) is 120 cm³/mol. The van der Waals surface area contributed by atoms with Crippen molar-refractivity contribution < 1.29 is 24.0 Å². The summed E-state index contributed by atoms with van der Waals surface area (Å²) in [7, 11) is 0. The van der Waals surface area contributed by atoms with Crippen molar-refractivity contribution >= 4 is 28.9 Å². The molecule has 4 rings (SSSR count). The molecule has 10 nitrogen and oxygen atoms in total. The molecule has 0 amide bonds. The van der Waals surface area contributed by atoms with Crippen molar-refractivity contribution in [1.29, 1.82) is 0 Å². The number of ketones is 1. The van der Waals surface area contributed by atoms with Gasteiger partial charge in [-0.25, -0.2) is 4.79 Å². The Kier molecular flexibility index (Phi) is 5.31. The Morgan fingerprint density at radius 1 is 1.27 bits per heavy atom. The van der Waals surface area contributed by atoms with Gasteiger partial charge in [0.2, 0.25) is 5.88 Å². The molecule has 1 aliphatic heterocycles. The number of anilines is 2. The van der Waals surface area contributed by atoms with Gasteiger partial charge in [-0.1, -0.05) is 26.0 Å². The van der Waals surface area contributed by atoms with Crippen LogP contribution in [-0.4, -0.2) is 28.3 Å². The molecule has 1 unspecified atom stereocenters. The Morgan fingerprint density at radius 2 is 1.94 bits per heavy atom. The number of hydrogen-bond acceptors (Lipinski definition) is 9. The molecule has 0 fully saturated rings. The van der Waals surface area contributed by atoms with E-state index in [-0.39, 0.29) is 46.4 Å². The van der Waals surface area contributed by atoms with E-state index in [0.29, 0.717) is 35.3 Å². The molecule has 0 saturated heterocycles. The van der Waals surface area contributed by atoms with E-state index in [1.807, 2.05) is 13.8 Å². The summed E-state index contributed by atoms with van der Waals surface area (Å²) in [4.78, 5) is 40.8. The summed E-state index contributed by atoms with van der Waals surface area (Å²) in [5, 5.41) is 11.1. The van der Waals surface area contributed by atoms with E-state index in [1.165, 1.54) is 12.1 Å². The zero-order valence-corrected chi connectivity index (χ0v) is 18.5. The van der Waals surface area contributed by atoms with E-state index in [1.54, 1.807) is 19.1 Å². The second-order valence-electron chi connectivity index (χ2n) is 8.89.